The minimum atomic E-state index is -0.446. The number of rotatable bonds is 3. The number of anilines is 2. The van der Waals surface area contributed by atoms with Crippen LogP contribution in [-0.2, 0) is 6.42 Å². The summed E-state index contributed by atoms with van der Waals surface area (Å²) in [6.45, 7) is 0.645. The van der Waals surface area contributed by atoms with Crippen molar-refractivity contribution in [2.24, 2.45) is 0 Å². The highest BCUT2D eigenvalue weighted by molar-refractivity contribution is 5.79. The van der Waals surface area contributed by atoms with Crippen LogP contribution in [0.4, 0.5) is 17.2 Å². The molecule has 0 amide bonds. The Bertz CT molecular complexity index is 1200. The van der Waals surface area contributed by atoms with E-state index in [0.717, 1.165) is 24.1 Å². The maximum absolute atomic E-state index is 12.1. The van der Waals surface area contributed by atoms with Gasteiger partial charge in [-0.05, 0) is 36.6 Å². The number of fused-ring (bicyclic) bond motifs is 2. The molecule has 0 bridgehead atoms. The molecule has 0 radical (unpaired) electrons. The van der Waals surface area contributed by atoms with Crippen molar-refractivity contribution in [1.82, 2.24) is 25.0 Å². The van der Waals surface area contributed by atoms with Gasteiger partial charge < -0.3 is 4.90 Å². The Hall–Kier alpha value is -3.88. The lowest BCUT2D eigenvalue weighted by atomic mass is 10.0. The number of nitro groups is 1. The number of aromatic nitrogens is 5. The van der Waals surface area contributed by atoms with Crippen molar-refractivity contribution in [2.75, 3.05) is 11.4 Å². The van der Waals surface area contributed by atoms with Crippen molar-refractivity contribution in [3.8, 4) is 5.82 Å². The lowest BCUT2D eigenvalue weighted by Gasteiger charge is -2.30. The molecule has 0 atom stereocenters. The molecule has 9 nitrogen and oxygen atoms in total. The molecule has 1 aliphatic rings. The third-order valence-corrected chi connectivity index (χ3v) is 4.88. The van der Waals surface area contributed by atoms with Crippen LogP contribution in [0.3, 0.4) is 0 Å². The number of hydrogen-bond acceptors (Lipinski definition) is 7. The van der Waals surface area contributed by atoms with Gasteiger partial charge >= 0.3 is 5.69 Å². The van der Waals surface area contributed by atoms with E-state index in [1.165, 1.54) is 11.0 Å². The number of para-hydroxylation sites is 2. The largest absolute Gasteiger partial charge is 0.356 e. The zero-order chi connectivity index (χ0) is 19.1. The predicted molar refractivity (Wildman–Crippen MR) is 103 cm³/mol. The van der Waals surface area contributed by atoms with Crippen LogP contribution in [0.25, 0.3) is 16.9 Å². The molecule has 138 valence electrons. The number of aryl methyl sites for hydroxylation is 1. The average Bonchev–Trinajstić information content (AvgIpc) is 3.17. The van der Waals surface area contributed by atoms with Gasteiger partial charge in [-0.1, -0.05) is 35.5 Å². The highest BCUT2D eigenvalue weighted by Gasteiger charge is 2.31. The van der Waals surface area contributed by atoms with Crippen LogP contribution in [0.1, 0.15) is 12.0 Å². The molecular weight excluding hydrogens is 358 g/mol. The Morgan fingerprint density at radius 1 is 1.00 bits per heavy atom. The Morgan fingerprint density at radius 3 is 2.68 bits per heavy atom. The van der Waals surface area contributed by atoms with Gasteiger partial charge in [0.1, 0.15) is 11.8 Å². The standard InChI is InChI=1S/C19H15N7O2/c27-26(28)17-18(24-11-5-7-13-6-1-3-9-15(13)24)20-12-21-19(17)25-16-10-4-2-8-14(16)22-23-25/h1-4,6,8-10,12H,5,7,11H2. The fourth-order valence-corrected chi connectivity index (χ4v) is 3.66. The number of benzene rings is 2. The molecule has 0 aliphatic carbocycles. The topological polar surface area (TPSA) is 103 Å². The van der Waals surface area contributed by atoms with Crippen LogP contribution in [0.2, 0.25) is 0 Å². The average molecular weight is 373 g/mol. The van der Waals surface area contributed by atoms with Gasteiger partial charge in [0.25, 0.3) is 0 Å². The molecule has 0 spiro atoms. The number of hydrogen-bond donors (Lipinski definition) is 0. The predicted octanol–water partition coefficient (Wildman–Crippen LogP) is 3.20. The van der Waals surface area contributed by atoms with E-state index in [0.29, 0.717) is 17.6 Å². The van der Waals surface area contributed by atoms with Gasteiger partial charge in [0.15, 0.2) is 0 Å². The first kappa shape index (κ1) is 16.3. The van der Waals surface area contributed by atoms with Gasteiger partial charge in [-0.15, -0.1) is 5.10 Å². The van der Waals surface area contributed by atoms with Crippen molar-refractivity contribution >= 4 is 28.2 Å². The Morgan fingerprint density at radius 2 is 1.79 bits per heavy atom. The molecule has 0 fully saturated rings. The summed E-state index contributed by atoms with van der Waals surface area (Å²) in [6.07, 6.45) is 3.16. The van der Waals surface area contributed by atoms with Gasteiger partial charge in [0, 0.05) is 12.2 Å². The molecule has 0 N–H and O–H groups in total. The lowest BCUT2D eigenvalue weighted by Crippen LogP contribution is -2.26. The smallest absolute Gasteiger partial charge is 0.320 e. The van der Waals surface area contributed by atoms with Crippen molar-refractivity contribution in [3.63, 3.8) is 0 Å². The third kappa shape index (κ3) is 2.48. The van der Waals surface area contributed by atoms with Crippen LogP contribution >= 0.6 is 0 Å². The van der Waals surface area contributed by atoms with Gasteiger partial charge in [-0.2, -0.15) is 4.68 Å². The van der Waals surface area contributed by atoms with Gasteiger partial charge in [0.2, 0.25) is 11.6 Å². The van der Waals surface area contributed by atoms with Gasteiger partial charge in [-0.3, -0.25) is 10.1 Å². The molecular formula is C19H15N7O2. The SMILES string of the molecule is O=[N+]([O-])c1c(N2CCCc3ccccc32)ncnc1-n1nnc2ccccc21. The summed E-state index contributed by atoms with van der Waals surface area (Å²) in [5, 5.41) is 20.2. The summed E-state index contributed by atoms with van der Waals surface area (Å²) < 4.78 is 1.40. The quantitative estimate of drug-likeness (QED) is 0.401. The molecule has 3 heterocycles. The second kappa shape index (κ2) is 6.38. The maximum atomic E-state index is 12.1. The van der Waals surface area contributed by atoms with Crippen LogP contribution in [-0.4, -0.2) is 36.4 Å². The molecule has 2 aromatic carbocycles. The highest BCUT2D eigenvalue weighted by atomic mass is 16.6. The zero-order valence-electron chi connectivity index (χ0n) is 14.8. The summed E-state index contributed by atoms with van der Waals surface area (Å²) >= 11 is 0. The molecule has 4 aromatic rings. The van der Waals surface area contributed by atoms with Crippen molar-refractivity contribution in [1.29, 1.82) is 0 Å². The van der Waals surface area contributed by atoms with Gasteiger partial charge in [-0.25, -0.2) is 9.97 Å². The Kier molecular flexibility index (Phi) is 3.71. The molecule has 0 saturated heterocycles. The second-order valence-corrected chi connectivity index (χ2v) is 6.50. The minimum absolute atomic E-state index is 0.103. The van der Waals surface area contributed by atoms with E-state index < -0.39 is 4.92 Å². The van der Waals surface area contributed by atoms with Crippen LogP contribution in [0, 0.1) is 10.1 Å². The van der Waals surface area contributed by atoms with E-state index in [1.807, 2.05) is 41.3 Å². The summed E-state index contributed by atoms with van der Waals surface area (Å²) in [5.74, 6) is 0.369. The van der Waals surface area contributed by atoms with Crippen LogP contribution in [0.15, 0.2) is 54.9 Å². The summed E-state index contributed by atoms with van der Waals surface area (Å²) in [7, 11) is 0. The summed E-state index contributed by atoms with van der Waals surface area (Å²) in [5.41, 5.74) is 3.18. The Labute approximate surface area is 159 Å². The van der Waals surface area contributed by atoms with E-state index in [9.17, 15) is 10.1 Å². The molecule has 9 heteroatoms. The summed E-state index contributed by atoms with van der Waals surface area (Å²) in [4.78, 5) is 22.0. The molecule has 0 unspecified atom stereocenters. The van der Waals surface area contributed by atoms with E-state index in [1.54, 1.807) is 12.1 Å². The molecule has 2 aromatic heterocycles. The number of nitrogens with zero attached hydrogens (tertiary/aromatic N) is 7. The van der Waals surface area contributed by atoms with E-state index >= 15 is 0 Å². The Balaban J connectivity index is 1.74. The highest BCUT2D eigenvalue weighted by Crippen LogP contribution is 2.39. The fourth-order valence-electron chi connectivity index (χ4n) is 3.66. The molecule has 1 aliphatic heterocycles. The molecule has 0 saturated carbocycles. The lowest BCUT2D eigenvalue weighted by molar-refractivity contribution is -0.384. The van der Waals surface area contributed by atoms with Crippen molar-refractivity contribution in [2.45, 2.75) is 12.8 Å². The first-order valence-corrected chi connectivity index (χ1v) is 8.89. The molecule has 28 heavy (non-hydrogen) atoms. The van der Waals surface area contributed by atoms with E-state index in [-0.39, 0.29) is 17.3 Å². The maximum Gasteiger partial charge on any atom is 0.356 e. The first-order chi connectivity index (χ1) is 13.7. The monoisotopic (exact) mass is 373 g/mol. The summed E-state index contributed by atoms with van der Waals surface area (Å²) in [6, 6.07) is 15.2. The first-order valence-electron chi connectivity index (χ1n) is 8.89. The van der Waals surface area contributed by atoms with Crippen molar-refractivity contribution in [3.05, 3.63) is 70.5 Å². The van der Waals surface area contributed by atoms with Gasteiger partial charge in [0.05, 0.1) is 10.4 Å². The van der Waals surface area contributed by atoms with E-state index in [4.69, 9.17) is 0 Å². The van der Waals surface area contributed by atoms with Crippen molar-refractivity contribution < 1.29 is 4.92 Å². The van der Waals surface area contributed by atoms with Crippen LogP contribution < -0.4 is 4.90 Å². The second-order valence-electron chi connectivity index (χ2n) is 6.50. The minimum Gasteiger partial charge on any atom is -0.320 e. The molecule has 5 rings (SSSR count). The van der Waals surface area contributed by atoms with Crippen LogP contribution in [0.5, 0.6) is 0 Å². The normalized spacial score (nSPS) is 13.5. The zero-order valence-corrected chi connectivity index (χ0v) is 14.8. The van der Waals surface area contributed by atoms with E-state index in [2.05, 4.69) is 20.3 Å². The fraction of sp³-hybridized carbons (Fsp3) is 0.158. The third-order valence-electron chi connectivity index (χ3n) is 4.88.